The molecule has 1 aliphatic carbocycles. The van der Waals surface area contributed by atoms with Crippen molar-refractivity contribution in [2.75, 3.05) is 44.7 Å². The molecule has 250 valence electrons. The summed E-state index contributed by atoms with van der Waals surface area (Å²) >= 11 is 0. The van der Waals surface area contributed by atoms with Crippen molar-refractivity contribution in [3.63, 3.8) is 0 Å². The Morgan fingerprint density at radius 3 is 2.09 bits per heavy atom. The highest BCUT2D eigenvalue weighted by Crippen LogP contribution is 2.51. The molecule has 0 bridgehead atoms. The maximum Gasteiger partial charge on any atom is 0.416 e. The highest BCUT2D eigenvalue weighted by atomic mass is 19.4. The van der Waals surface area contributed by atoms with Crippen molar-refractivity contribution in [3.05, 3.63) is 51.7 Å². The zero-order valence-electron chi connectivity index (χ0n) is 25.8. The summed E-state index contributed by atoms with van der Waals surface area (Å²) in [6, 6.07) is 4.27. The van der Waals surface area contributed by atoms with Crippen molar-refractivity contribution < 1.29 is 35.5 Å². The number of aromatic nitrogens is 4. The maximum atomic E-state index is 13.8. The van der Waals surface area contributed by atoms with Crippen LogP contribution >= 0.6 is 0 Å². The van der Waals surface area contributed by atoms with E-state index >= 15 is 0 Å². The molecule has 3 aliphatic rings. The number of piperazine rings is 1. The fraction of sp³-hybridized carbons (Fsp3) is 0.633. The molecule has 3 aromatic rings. The summed E-state index contributed by atoms with van der Waals surface area (Å²) in [6.07, 6.45) is -2.50. The molecule has 0 spiro atoms. The first kappa shape index (κ1) is 34.7. The van der Waals surface area contributed by atoms with Crippen LogP contribution < -0.4 is 10.6 Å². The topological polar surface area (TPSA) is 68.4 Å². The molecule has 1 aromatic carbocycles. The van der Waals surface area contributed by atoms with Crippen LogP contribution in [0.5, 0.6) is 0 Å². The predicted molar refractivity (Wildman–Crippen MR) is 156 cm³/mol. The van der Waals surface area contributed by atoms with Gasteiger partial charge in [0.05, 0.1) is 5.56 Å². The number of rotatable bonds is 4. The minimum absolute atomic E-state index is 0.142. The second-order valence-corrected chi connectivity index (χ2v) is 11.7. The normalized spacial score (nSPS) is 21.0. The molecule has 0 radical (unpaired) electrons. The van der Waals surface area contributed by atoms with Crippen LogP contribution in [0.3, 0.4) is 0 Å². The number of halogens is 7. The number of hydrogen-bond donors (Lipinski definition) is 0. The number of alkyl halides is 7. The molecule has 0 N–H and O–H groups in total. The Bertz CT molecular complexity index is 1470. The molecule has 3 fully saturated rings. The number of imidazole rings is 1. The third kappa shape index (κ3) is 7.79. The predicted octanol–water partition coefficient (Wildman–Crippen LogP) is 5.97. The van der Waals surface area contributed by atoms with Gasteiger partial charge in [0.1, 0.15) is 17.0 Å². The summed E-state index contributed by atoms with van der Waals surface area (Å²) in [5, 5.41) is 0. The molecule has 1 saturated carbocycles. The molecule has 6 rings (SSSR count). The zero-order valence-corrected chi connectivity index (χ0v) is 25.8. The summed E-state index contributed by atoms with van der Waals surface area (Å²) in [7, 11) is 3.48. The van der Waals surface area contributed by atoms with Gasteiger partial charge in [0.2, 0.25) is 12.9 Å². The van der Waals surface area contributed by atoms with Crippen LogP contribution in [0.25, 0.3) is 11.2 Å². The summed E-state index contributed by atoms with van der Waals surface area (Å²) < 4.78 is 94.5. The van der Waals surface area contributed by atoms with Gasteiger partial charge in [0.25, 0.3) is 0 Å². The van der Waals surface area contributed by atoms with Crippen molar-refractivity contribution in [1.82, 2.24) is 24.0 Å². The van der Waals surface area contributed by atoms with E-state index in [4.69, 9.17) is 4.74 Å². The highest BCUT2D eigenvalue weighted by Gasteiger charge is 2.50. The third-order valence-electron chi connectivity index (χ3n) is 8.61. The zero-order chi connectivity index (χ0) is 33.1. The summed E-state index contributed by atoms with van der Waals surface area (Å²) in [5.41, 5.74) is 0.698. The molecule has 4 heterocycles. The molecule has 8 nitrogen and oxygen atoms in total. The highest BCUT2D eigenvalue weighted by molar-refractivity contribution is 5.84. The van der Waals surface area contributed by atoms with E-state index in [9.17, 15) is 35.5 Å². The lowest BCUT2D eigenvalue weighted by Crippen LogP contribution is -2.56. The van der Waals surface area contributed by atoms with Gasteiger partial charge in [-0.1, -0.05) is 12.1 Å². The molecule has 0 amide bonds. The molecule has 2 saturated heterocycles. The molecule has 2 unspecified atom stereocenters. The van der Waals surface area contributed by atoms with Gasteiger partial charge in [-0.2, -0.15) is 18.2 Å². The summed E-state index contributed by atoms with van der Waals surface area (Å²) in [4.78, 5) is 25.7. The molecule has 15 heteroatoms. The van der Waals surface area contributed by atoms with Gasteiger partial charge in [-0.15, -0.1) is 0 Å². The SMILES string of the molecule is C1CCOC1.Cc1nc2c(N3CCN(C(c4ccc(C(F)(F)F)cc4)C4CC(F)(F)C4)CC3C)nc(=O)n(C)c2n1C.FCF. The Hall–Kier alpha value is -3.20. The molecule has 2 aliphatic heterocycles. The van der Waals surface area contributed by atoms with E-state index in [1.54, 1.807) is 7.05 Å². The van der Waals surface area contributed by atoms with Gasteiger partial charge in [0, 0.05) is 71.9 Å². The van der Waals surface area contributed by atoms with E-state index in [1.807, 2.05) is 30.4 Å². The lowest BCUT2D eigenvalue weighted by atomic mass is 9.73. The number of hydrogen-bond acceptors (Lipinski definition) is 6. The van der Waals surface area contributed by atoms with E-state index in [1.165, 1.54) is 29.5 Å². The van der Waals surface area contributed by atoms with Crippen LogP contribution in [-0.2, 0) is 25.0 Å². The average Bonchev–Trinajstić information content (AvgIpc) is 3.63. The van der Waals surface area contributed by atoms with Crippen LogP contribution in [0.4, 0.5) is 36.6 Å². The second kappa shape index (κ2) is 14.1. The fourth-order valence-electron chi connectivity index (χ4n) is 6.29. The Balaban J connectivity index is 0.000000509. The van der Waals surface area contributed by atoms with Crippen molar-refractivity contribution in [2.45, 2.75) is 63.7 Å². The lowest BCUT2D eigenvalue weighted by Gasteiger charge is -2.49. The molecule has 2 aromatic heterocycles. The first-order chi connectivity index (χ1) is 21.2. The molecular formula is C30H39F7N6O2. The first-order valence-electron chi connectivity index (χ1n) is 14.8. The maximum absolute atomic E-state index is 13.8. The number of aryl methyl sites for hydroxylation is 3. The quantitative estimate of drug-likeness (QED) is 0.325. The van der Waals surface area contributed by atoms with Gasteiger partial charge in [0.15, 0.2) is 5.82 Å². The standard InChI is InChI=1S/C25H29F5N6O.C4H8O.CH2F2/c1-14-13-35(9-10-36(14)21-19-22(33(3)15(2)31-19)34(4)23(37)32-21)20(17-11-24(26,27)12-17)16-5-7-18(8-6-16)25(28,29)30;1-2-4-5-3-1;2-1-3/h5-8,14,17,20H,9-13H2,1-4H3;1-4H2;1H2. The number of nitrogens with zero attached hydrogens (tertiary/aromatic N) is 6. The summed E-state index contributed by atoms with van der Waals surface area (Å²) in [6.45, 7) is 5.47. The van der Waals surface area contributed by atoms with Crippen molar-refractivity contribution in [2.24, 2.45) is 20.0 Å². The number of fused-ring (bicyclic) bond motifs is 1. The Kier molecular flexibility index (Phi) is 10.8. The number of ether oxygens (including phenoxy) is 1. The number of benzene rings is 1. The van der Waals surface area contributed by atoms with E-state index in [0.717, 1.165) is 31.2 Å². The molecular weight excluding hydrogens is 609 g/mol. The average molecular weight is 649 g/mol. The largest absolute Gasteiger partial charge is 0.416 e. The van der Waals surface area contributed by atoms with E-state index in [2.05, 4.69) is 14.9 Å². The third-order valence-corrected chi connectivity index (χ3v) is 8.61. The molecule has 2 atom stereocenters. The van der Waals surface area contributed by atoms with Crippen LogP contribution in [-0.4, -0.2) is 75.7 Å². The number of anilines is 1. The lowest BCUT2D eigenvalue weighted by molar-refractivity contribution is -0.137. The van der Waals surface area contributed by atoms with E-state index in [-0.39, 0.29) is 24.8 Å². The van der Waals surface area contributed by atoms with Crippen LogP contribution in [0, 0.1) is 12.8 Å². The van der Waals surface area contributed by atoms with E-state index < -0.39 is 36.3 Å². The Labute approximate surface area is 256 Å². The van der Waals surface area contributed by atoms with Crippen LogP contribution in [0.2, 0.25) is 0 Å². The van der Waals surface area contributed by atoms with Gasteiger partial charge in [-0.05, 0) is 50.3 Å². The van der Waals surface area contributed by atoms with Crippen molar-refractivity contribution in [1.29, 1.82) is 0 Å². The van der Waals surface area contributed by atoms with Crippen LogP contribution in [0.1, 0.15) is 55.6 Å². The monoisotopic (exact) mass is 648 g/mol. The molecule has 45 heavy (non-hydrogen) atoms. The van der Waals surface area contributed by atoms with Gasteiger partial charge >= 0.3 is 11.9 Å². The fourth-order valence-corrected chi connectivity index (χ4v) is 6.29. The second-order valence-electron chi connectivity index (χ2n) is 11.7. The minimum atomic E-state index is -4.47. The van der Waals surface area contributed by atoms with Crippen molar-refractivity contribution >= 4 is 17.0 Å². The van der Waals surface area contributed by atoms with Gasteiger partial charge in [-0.3, -0.25) is 9.47 Å². The van der Waals surface area contributed by atoms with Gasteiger partial charge in [-0.25, -0.2) is 27.3 Å². The smallest absolute Gasteiger partial charge is 0.381 e. The first-order valence-corrected chi connectivity index (χ1v) is 14.8. The summed E-state index contributed by atoms with van der Waals surface area (Å²) in [5.74, 6) is -1.90. The minimum Gasteiger partial charge on any atom is -0.381 e. The Morgan fingerprint density at radius 2 is 1.60 bits per heavy atom. The van der Waals surface area contributed by atoms with E-state index in [0.29, 0.717) is 42.2 Å². The van der Waals surface area contributed by atoms with Gasteiger partial charge < -0.3 is 14.2 Å². The van der Waals surface area contributed by atoms with Crippen LogP contribution in [0.15, 0.2) is 29.1 Å². The Morgan fingerprint density at radius 1 is 1.00 bits per heavy atom. The van der Waals surface area contributed by atoms with Crippen molar-refractivity contribution in [3.8, 4) is 0 Å².